The van der Waals surface area contributed by atoms with E-state index in [1.54, 1.807) is 18.2 Å². The van der Waals surface area contributed by atoms with Gasteiger partial charge in [-0.05, 0) is 49.1 Å². The van der Waals surface area contributed by atoms with Crippen LogP contribution in [0.2, 0.25) is 0 Å². The minimum Gasteiger partial charge on any atom is -0.358 e. The highest BCUT2D eigenvalue weighted by Gasteiger charge is 2.25. The van der Waals surface area contributed by atoms with Crippen molar-refractivity contribution in [3.63, 3.8) is 0 Å². The van der Waals surface area contributed by atoms with Crippen LogP contribution in [0.4, 0.5) is 11.8 Å². The third-order valence-electron chi connectivity index (χ3n) is 6.56. The molecule has 1 saturated carbocycles. The lowest BCUT2D eigenvalue weighted by atomic mass is 9.84. The lowest BCUT2D eigenvalue weighted by Gasteiger charge is -2.27. The Hall–Kier alpha value is -4.19. The number of carbonyl (C=O) groups excluding carboxylic acids is 2. The molecule has 1 amide bonds. The van der Waals surface area contributed by atoms with Gasteiger partial charge in [0.25, 0.3) is 0 Å². The number of anilines is 2. The van der Waals surface area contributed by atoms with Crippen LogP contribution in [-0.4, -0.2) is 38.8 Å². The topological polar surface area (TPSA) is 125 Å². The van der Waals surface area contributed by atoms with Crippen LogP contribution in [0.1, 0.15) is 56.6 Å². The summed E-state index contributed by atoms with van der Waals surface area (Å²) >= 11 is 0. The first-order valence-electron chi connectivity index (χ1n) is 12.8. The van der Waals surface area contributed by atoms with Gasteiger partial charge in [0.05, 0.1) is 18.2 Å². The van der Waals surface area contributed by atoms with Crippen LogP contribution in [-0.2, 0) is 16.1 Å². The molecule has 1 atom stereocenters. The van der Waals surface area contributed by atoms with Crippen molar-refractivity contribution in [3.8, 4) is 11.9 Å². The zero-order valence-electron chi connectivity index (χ0n) is 21.1. The number of hydrogen-bond donors (Lipinski definition) is 3. The second-order valence-corrected chi connectivity index (χ2v) is 9.54. The molecule has 0 saturated heterocycles. The number of aromatic nitrogens is 3. The van der Waals surface area contributed by atoms with E-state index >= 15 is 0 Å². The Bertz CT molecular complexity index is 1230. The summed E-state index contributed by atoms with van der Waals surface area (Å²) < 4.78 is 1.85. The number of ketones is 1. The van der Waals surface area contributed by atoms with E-state index in [2.05, 4.69) is 32.0 Å². The van der Waals surface area contributed by atoms with E-state index in [0.29, 0.717) is 42.0 Å². The predicted octanol–water partition coefficient (Wildman–Crippen LogP) is 4.21. The number of amides is 1. The molecule has 3 N–H and O–H groups in total. The molecule has 1 aromatic carbocycles. The zero-order chi connectivity index (χ0) is 26.0. The number of carbonyl (C=O) groups is 2. The van der Waals surface area contributed by atoms with Crippen molar-refractivity contribution in [2.75, 3.05) is 17.2 Å². The smallest absolute Gasteiger partial charge is 0.242 e. The molecule has 0 bridgehead atoms. The summed E-state index contributed by atoms with van der Waals surface area (Å²) in [5.41, 5.74) is 1.51. The van der Waals surface area contributed by atoms with Gasteiger partial charge >= 0.3 is 0 Å². The maximum Gasteiger partial charge on any atom is 0.242 e. The summed E-state index contributed by atoms with van der Waals surface area (Å²) in [7, 11) is 0. The van der Waals surface area contributed by atoms with Crippen LogP contribution >= 0.6 is 0 Å². The molecule has 2 heterocycles. The van der Waals surface area contributed by atoms with E-state index in [-0.39, 0.29) is 18.2 Å². The van der Waals surface area contributed by atoms with Crippen molar-refractivity contribution in [1.82, 2.24) is 19.9 Å². The lowest BCUT2D eigenvalue weighted by molar-refractivity contribution is -0.122. The molecule has 0 spiro atoms. The summed E-state index contributed by atoms with van der Waals surface area (Å²) in [5.74, 6) is 1.80. The molecule has 0 radical (unpaired) electrons. The Labute approximate surface area is 217 Å². The molecule has 37 heavy (non-hydrogen) atoms. The predicted molar refractivity (Wildman–Crippen MR) is 142 cm³/mol. The number of benzene rings is 1. The number of nitriles is 1. The van der Waals surface area contributed by atoms with Crippen molar-refractivity contribution in [2.24, 2.45) is 5.92 Å². The molecule has 1 aliphatic carbocycles. The first-order valence-corrected chi connectivity index (χ1v) is 12.8. The molecule has 192 valence electrons. The number of nitrogens with zero attached hydrogens (tertiary/aromatic N) is 4. The van der Waals surface area contributed by atoms with Gasteiger partial charge in [0.1, 0.15) is 23.5 Å². The molecule has 1 aliphatic rings. The van der Waals surface area contributed by atoms with Gasteiger partial charge in [0.2, 0.25) is 11.9 Å². The van der Waals surface area contributed by atoms with Crippen LogP contribution in [0.3, 0.4) is 0 Å². The van der Waals surface area contributed by atoms with Gasteiger partial charge in [0.15, 0.2) is 0 Å². The molecule has 2 aromatic heterocycles. The number of hydrogen-bond acceptors (Lipinski definition) is 7. The van der Waals surface area contributed by atoms with Crippen LogP contribution in [0.5, 0.6) is 0 Å². The third-order valence-corrected chi connectivity index (χ3v) is 6.56. The Morgan fingerprint density at radius 1 is 1.11 bits per heavy atom. The van der Waals surface area contributed by atoms with Gasteiger partial charge in [-0.3, -0.25) is 9.59 Å². The molecule has 1 fully saturated rings. The van der Waals surface area contributed by atoms with Crippen LogP contribution in [0.15, 0.2) is 54.9 Å². The van der Waals surface area contributed by atoms with Gasteiger partial charge in [-0.2, -0.15) is 15.2 Å². The van der Waals surface area contributed by atoms with Gasteiger partial charge in [-0.25, -0.2) is 0 Å². The maximum absolute atomic E-state index is 13.4. The summed E-state index contributed by atoms with van der Waals surface area (Å²) in [6, 6.07) is 14.4. The average Bonchev–Trinajstić information content (AvgIpc) is 3.46. The molecule has 4 rings (SSSR count). The minimum atomic E-state index is -0.477. The molecule has 9 nitrogen and oxygen atoms in total. The van der Waals surface area contributed by atoms with Crippen molar-refractivity contribution in [1.29, 1.82) is 5.26 Å². The van der Waals surface area contributed by atoms with E-state index < -0.39 is 6.04 Å². The fourth-order valence-electron chi connectivity index (χ4n) is 4.59. The largest absolute Gasteiger partial charge is 0.358 e. The quantitative estimate of drug-likeness (QED) is 0.361. The SMILES string of the molecule is CC(=O)CNc1nc(N[C@H](CC2CCCCC2)C(=O)NCc2ccc(C#N)cc2)cc(-n2cccc2)n1. The van der Waals surface area contributed by atoms with E-state index in [4.69, 9.17) is 5.26 Å². The molecular formula is C28H33N7O2. The fourth-order valence-corrected chi connectivity index (χ4v) is 4.59. The summed E-state index contributed by atoms with van der Waals surface area (Å²) in [4.78, 5) is 34.0. The second-order valence-electron chi connectivity index (χ2n) is 9.54. The Balaban J connectivity index is 1.54. The van der Waals surface area contributed by atoms with Crippen molar-refractivity contribution >= 4 is 23.5 Å². The van der Waals surface area contributed by atoms with Crippen LogP contribution in [0, 0.1) is 17.2 Å². The molecule has 0 aliphatic heterocycles. The highest BCUT2D eigenvalue weighted by Crippen LogP contribution is 2.28. The standard InChI is InChI=1S/C28H33N7O2/c1-20(36)18-31-28-33-25(16-26(34-28)35-13-5-6-14-35)32-24(15-21-7-3-2-4-8-21)27(37)30-19-23-11-9-22(17-29)10-12-23/h5-6,9-14,16,21,24H,2-4,7-8,15,18-19H2,1H3,(H,30,37)(H2,31,32,33,34)/t24-/m1/s1. The van der Waals surface area contributed by atoms with Gasteiger partial charge < -0.3 is 20.5 Å². The lowest BCUT2D eigenvalue weighted by Crippen LogP contribution is -2.41. The summed E-state index contributed by atoms with van der Waals surface area (Å²) in [6.45, 7) is 1.99. The minimum absolute atomic E-state index is 0.0261. The Morgan fingerprint density at radius 2 is 1.84 bits per heavy atom. The third kappa shape index (κ3) is 7.64. The Morgan fingerprint density at radius 3 is 2.51 bits per heavy atom. The summed E-state index contributed by atoms with van der Waals surface area (Å²) in [6.07, 6.45) is 10.3. The van der Waals surface area contributed by atoms with Gasteiger partial charge in [0, 0.05) is 25.0 Å². The Kier molecular flexibility index (Phi) is 8.87. The number of nitrogens with one attached hydrogen (secondary N) is 3. The number of rotatable bonds is 11. The first kappa shape index (κ1) is 25.9. The van der Waals surface area contributed by atoms with E-state index in [0.717, 1.165) is 18.4 Å². The zero-order valence-corrected chi connectivity index (χ0v) is 21.1. The van der Waals surface area contributed by atoms with Crippen molar-refractivity contribution in [3.05, 3.63) is 66.0 Å². The van der Waals surface area contributed by atoms with Crippen molar-refractivity contribution in [2.45, 2.75) is 58.0 Å². The molecule has 0 unspecified atom stereocenters. The molecular weight excluding hydrogens is 466 g/mol. The highest BCUT2D eigenvalue weighted by molar-refractivity contribution is 5.84. The summed E-state index contributed by atoms with van der Waals surface area (Å²) in [5, 5.41) is 18.4. The van der Waals surface area contributed by atoms with Crippen LogP contribution in [0.25, 0.3) is 5.82 Å². The van der Waals surface area contributed by atoms with Gasteiger partial charge in [-0.15, -0.1) is 0 Å². The maximum atomic E-state index is 13.4. The highest BCUT2D eigenvalue weighted by atomic mass is 16.2. The van der Waals surface area contributed by atoms with E-state index in [1.165, 1.54) is 26.2 Å². The fraction of sp³-hybridized carbons (Fsp3) is 0.393. The number of Topliss-reactive ketones (excluding diaryl/α,β-unsaturated/α-hetero) is 1. The second kappa shape index (κ2) is 12.7. The average molecular weight is 500 g/mol. The van der Waals surface area contributed by atoms with Crippen LogP contribution < -0.4 is 16.0 Å². The van der Waals surface area contributed by atoms with E-state index in [1.807, 2.05) is 41.2 Å². The molecule has 9 heteroatoms. The van der Waals surface area contributed by atoms with E-state index in [9.17, 15) is 9.59 Å². The molecule has 3 aromatic rings. The first-order chi connectivity index (χ1) is 18.0. The van der Waals surface area contributed by atoms with Crippen molar-refractivity contribution < 1.29 is 9.59 Å². The normalized spacial score (nSPS) is 14.4. The van der Waals surface area contributed by atoms with Gasteiger partial charge in [-0.1, -0.05) is 44.2 Å². The monoisotopic (exact) mass is 499 g/mol.